The summed E-state index contributed by atoms with van der Waals surface area (Å²) in [4.78, 5) is 0. The van der Waals surface area contributed by atoms with Crippen LogP contribution < -0.4 is 5.32 Å². The number of ether oxygens (including phenoxy) is 1. The third kappa shape index (κ3) is 4.54. The minimum Gasteiger partial charge on any atom is -0.374 e. The molecule has 0 saturated carbocycles. The summed E-state index contributed by atoms with van der Waals surface area (Å²) in [6, 6.07) is 5.33. The van der Waals surface area contributed by atoms with Crippen LogP contribution in [0.1, 0.15) is 39.7 Å². The summed E-state index contributed by atoms with van der Waals surface area (Å²) in [6.45, 7) is 9.77. The third-order valence-electron chi connectivity index (χ3n) is 3.80. The second kappa shape index (κ2) is 8.11. The van der Waals surface area contributed by atoms with Crippen LogP contribution in [0.25, 0.3) is 0 Å². The van der Waals surface area contributed by atoms with Gasteiger partial charge in [0.1, 0.15) is 5.82 Å². The van der Waals surface area contributed by atoms with Crippen LogP contribution in [0.5, 0.6) is 0 Å². The smallest absolute Gasteiger partial charge is 0.127 e. The first-order valence-corrected chi connectivity index (χ1v) is 8.07. The van der Waals surface area contributed by atoms with Crippen LogP contribution >= 0.6 is 15.9 Å². The van der Waals surface area contributed by atoms with E-state index < -0.39 is 0 Å². The summed E-state index contributed by atoms with van der Waals surface area (Å²) < 4.78 is 20.7. The van der Waals surface area contributed by atoms with Crippen LogP contribution in [0.2, 0.25) is 0 Å². The fraction of sp³-hybridized carbons (Fsp3) is 0.625. The van der Waals surface area contributed by atoms with E-state index in [4.69, 9.17) is 4.74 Å². The van der Waals surface area contributed by atoms with Crippen molar-refractivity contribution in [3.8, 4) is 0 Å². The van der Waals surface area contributed by atoms with Crippen molar-refractivity contribution in [2.24, 2.45) is 0 Å². The molecule has 2 nitrogen and oxygen atoms in total. The number of halogens is 2. The van der Waals surface area contributed by atoms with Gasteiger partial charge in [-0.25, -0.2) is 4.39 Å². The molecule has 2 unspecified atom stereocenters. The van der Waals surface area contributed by atoms with Crippen molar-refractivity contribution in [1.82, 2.24) is 5.32 Å². The quantitative estimate of drug-likeness (QED) is 0.757. The van der Waals surface area contributed by atoms with E-state index in [1.54, 1.807) is 0 Å². The number of rotatable bonds is 8. The first-order valence-electron chi connectivity index (χ1n) is 7.28. The zero-order valence-corrected chi connectivity index (χ0v) is 14.4. The molecule has 0 fully saturated rings. The molecular weight excluding hydrogens is 321 g/mol. The first kappa shape index (κ1) is 17.6. The number of nitrogens with one attached hydrogen (secondary N) is 1. The lowest BCUT2D eigenvalue weighted by Crippen LogP contribution is -2.51. The van der Waals surface area contributed by atoms with Gasteiger partial charge in [0.05, 0.1) is 5.60 Å². The zero-order valence-electron chi connectivity index (χ0n) is 12.8. The fourth-order valence-electron chi connectivity index (χ4n) is 2.44. The maximum absolute atomic E-state index is 14.0. The molecule has 0 bridgehead atoms. The molecule has 1 N–H and O–H groups in total. The molecule has 114 valence electrons. The summed E-state index contributed by atoms with van der Waals surface area (Å²) in [7, 11) is 0. The topological polar surface area (TPSA) is 21.3 Å². The normalized spacial score (nSPS) is 15.9. The lowest BCUT2D eigenvalue weighted by atomic mass is 9.88. The average Bonchev–Trinajstić information content (AvgIpc) is 2.41. The van der Waals surface area contributed by atoms with Gasteiger partial charge in [-0.2, -0.15) is 0 Å². The van der Waals surface area contributed by atoms with E-state index in [9.17, 15) is 4.39 Å². The molecule has 0 saturated heterocycles. The second-order valence-corrected chi connectivity index (χ2v) is 6.07. The van der Waals surface area contributed by atoms with Gasteiger partial charge in [-0.3, -0.25) is 0 Å². The molecular formula is C16H25BrFNO. The van der Waals surface area contributed by atoms with Gasteiger partial charge < -0.3 is 10.1 Å². The van der Waals surface area contributed by atoms with Crippen molar-refractivity contribution < 1.29 is 9.13 Å². The highest BCUT2D eigenvalue weighted by atomic mass is 79.9. The maximum Gasteiger partial charge on any atom is 0.127 e. The van der Waals surface area contributed by atoms with Crippen molar-refractivity contribution in [1.29, 1.82) is 0 Å². The van der Waals surface area contributed by atoms with Crippen molar-refractivity contribution in [3.05, 3.63) is 34.1 Å². The molecule has 1 rings (SSSR count). The number of hydrogen-bond donors (Lipinski definition) is 1. The van der Waals surface area contributed by atoms with Crippen LogP contribution in [0.4, 0.5) is 4.39 Å². The SMILES string of the molecule is CCNC(Cc1ccc(Br)cc1F)C(C)(CC)OCC. The van der Waals surface area contributed by atoms with Gasteiger partial charge in [-0.05, 0) is 50.9 Å². The monoisotopic (exact) mass is 345 g/mol. The molecule has 1 aromatic carbocycles. The van der Waals surface area contributed by atoms with Crippen molar-refractivity contribution in [3.63, 3.8) is 0 Å². The fourth-order valence-corrected chi connectivity index (χ4v) is 2.77. The lowest BCUT2D eigenvalue weighted by molar-refractivity contribution is -0.0548. The Labute approximate surface area is 130 Å². The molecule has 2 atom stereocenters. The molecule has 0 amide bonds. The number of likely N-dealkylation sites (N-methyl/N-ethyl adjacent to an activating group) is 1. The van der Waals surface area contributed by atoms with Crippen LogP contribution in [0, 0.1) is 5.82 Å². The first-order chi connectivity index (χ1) is 9.46. The number of hydrogen-bond acceptors (Lipinski definition) is 2. The maximum atomic E-state index is 14.0. The Morgan fingerprint density at radius 2 is 2.05 bits per heavy atom. The number of benzene rings is 1. The molecule has 0 aliphatic carbocycles. The molecule has 0 radical (unpaired) electrons. The van der Waals surface area contributed by atoms with E-state index in [2.05, 4.69) is 42.0 Å². The predicted molar refractivity (Wildman–Crippen MR) is 85.6 cm³/mol. The standard InChI is InChI=1S/C16H25BrFNO/c1-5-16(4,20-7-3)15(19-6-2)10-12-8-9-13(17)11-14(12)18/h8-9,11,15,19H,5-7,10H2,1-4H3. The molecule has 0 heterocycles. The molecule has 0 aliphatic heterocycles. The Bertz CT molecular complexity index is 427. The minimum atomic E-state index is -0.287. The molecule has 0 aliphatic rings. The lowest BCUT2D eigenvalue weighted by Gasteiger charge is -2.37. The van der Waals surface area contributed by atoms with Crippen molar-refractivity contribution in [2.45, 2.75) is 52.2 Å². The summed E-state index contributed by atoms with van der Waals surface area (Å²) >= 11 is 3.29. The van der Waals surface area contributed by atoms with E-state index in [0.717, 1.165) is 23.0 Å². The van der Waals surface area contributed by atoms with E-state index in [1.807, 2.05) is 19.1 Å². The molecule has 0 spiro atoms. The van der Waals surface area contributed by atoms with Gasteiger partial charge in [0.15, 0.2) is 0 Å². The molecule has 1 aromatic rings. The van der Waals surface area contributed by atoms with Crippen LogP contribution in [0.3, 0.4) is 0 Å². The Morgan fingerprint density at radius 3 is 2.55 bits per heavy atom. The van der Waals surface area contributed by atoms with Gasteiger partial charge in [0.25, 0.3) is 0 Å². The highest BCUT2D eigenvalue weighted by molar-refractivity contribution is 9.10. The predicted octanol–water partition coefficient (Wildman–Crippen LogP) is 4.31. The van der Waals surface area contributed by atoms with Gasteiger partial charge in [0.2, 0.25) is 0 Å². The molecule has 20 heavy (non-hydrogen) atoms. The van der Waals surface area contributed by atoms with Crippen molar-refractivity contribution >= 4 is 15.9 Å². The van der Waals surface area contributed by atoms with Crippen molar-refractivity contribution in [2.75, 3.05) is 13.2 Å². The van der Waals surface area contributed by atoms with E-state index in [-0.39, 0.29) is 17.5 Å². The molecule has 4 heteroatoms. The Hall–Kier alpha value is -0.450. The minimum absolute atomic E-state index is 0.0909. The van der Waals surface area contributed by atoms with Crippen LogP contribution in [-0.4, -0.2) is 24.8 Å². The van der Waals surface area contributed by atoms with E-state index in [1.165, 1.54) is 6.07 Å². The zero-order chi connectivity index (χ0) is 15.2. The van der Waals surface area contributed by atoms with Crippen LogP contribution in [0.15, 0.2) is 22.7 Å². The van der Waals surface area contributed by atoms with Gasteiger partial charge in [0, 0.05) is 17.1 Å². The van der Waals surface area contributed by atoms with Gasteiger partial charge in [-0.1, -0.05) is 35.8 Å². The summed E-state index contributed by atoms with van der Waals surface area (Å²) in [6.07, 6.45) is 1.51. The van der Waals surface area contributed by atoms with E-state index in [0.29, 0.717) is 13.0 Å². The van der Waals surface area contributed by atoms with Gasteiger partial charge in [-0.15, -0.1) is 0 Å². The summed E-state index contributed by atoms with van der Waals surface area (Å²) in [5, 5.41) is 3.45. The second-order valence-electron chi connectivity index (χ2n) is 5.15. The Morgan fingerprint density at radius 1 is 1.35 bits per heavy atom. The third-order valence-corrected chi connectivity index (χ3v) is 4.30. The Balaban J connectivity index is 2.96. The van der Waals surface area contributed by atoms with E-state index >= 15 is 0 Å². The largest absolute Gasteiger partial charge is 0.374 e. The Kier molecular flexibility index (Phi) is 7.13. The highest BCUT2D eigenvalue weighted by Gasteiger charge is 2.33. The van der Waals surface area contributed by atoms with Crippen LogP contribution in [-0.2, 0) is 11.2 Å². The average molecular weight is 346 g/mol. The summed E-state index contributed by atoms with van der Waals surface area (Å²) in [5.41, 5.74) is 0.433. The summed E-state index contributed by atoms with van der Waals surface area (Å²) in [5.74, 6) is -0.169. The van der Waals surface area contributed by atoms with Gasteiger partial charge >= 0.3 is 0 Å². The highest BCUT2D eigenvalue weighted by Crippen LogP contribution is 2.25. The molecule has 0 aromatic heterocycles.